The predicted octanol–water partition coefficient (Wildman–Crippen LogP) is 1.62. The normalized spacial score (nSPS) is 9.81. The molecule has 0 heterocycles. The Labute approximate surface area is 184 Å². The Morgan fingerprint density at radius 2 is 1.39 bits per heavy atom. The van der Waals surface area contributed by atoms with Crippen LogP contribution in [0.1, 0.15) is 27.6 Å². The fourth-order valence-corrected chi connectivity index (χ4v) is 2.66. The van der Waals surface area contributed by atoms with E-state index >= 15 is 0 Å². The van der Waals surface area contributed by atoms with Gasteiger partial charge in [-0.1, -0.05) is 0 Å². The summed E-state index contributed by atoms with van der Waals surface area (Å²) >= 11 is 5.05. The minimum Gasteiger partial charge on any atom is -0.493 e. The Balaban J connectivity index is 1.97. The Bertz CT molecular complexity index is 969. The summed E-state index contributed by atoms with van der Waals surface area (Å²) in [6, 6.07) is 9.16. The molecule has 3 amide bonds. The minimum absolute atomic E-state index is 0.123. The number of hydrogen-bond donors (Lipinski definition) is 4. The van der Waals surface area contributed by atoms with Gasteiger partial charge in [-0.2, -0.15) is 0 Å². The van der Waals surface area contributed by atoms with Gasteiger partial charge in [0.25, 0.3) is 11.8 Å². The molecule has 0 aromatic heterocycles. The summed E-state index contributed by atoms with van der Waals surface area (Å²) in [5.74, 6) is -0.292. The average Bonchev–Trinajstić information content (AvgIpc) is 2.76. The molecule has 0 unspecified atom stereocenters. The first-order valence-corrected chi connectivity index (χ1v) is 9.29. The number of amides is 3. The lowest BCUT2D eigenvalue weighted by atomic mass is 10.1. The van der Waals surface area contributed by atoms with Gasteiger partial charge in [0.05, 0.1) is 21.3 Å². The second-order valence-corrected chi connectivity index (χ2v) is 6.44. The lowest BCUT2D eigenvalue weighted by Gasteiger charge is -2.15. The van der Waals surface area contributed by atoms with E-state index in [0.29, 0.717) is 28.5 Å². The fourth-order valence-electron chi connectivity index (χ4n) is 2.51. The summed E-state index contributed by atoms with van der Waals surface area (Å²) in [4.78, 5) is 35.7. The molecule has 164 valence electrons. The van der Waals surface area contributed by atoms with Crippen molar-refractivity contribution in [3.8, 4) is 17.2 Å². The van der Waals surface area contributed by atoms with Crippen molar-refractivity contribution in [3.63, 3.8) is 0 Å². The number of carbonyl (C=O) groups excluding carboxylic acids is 3. The number of rotatable bonds is 6. The maximum absolute atomic E-state index is 12.5. The number of carbonyl (C=O) groups is 3. The summed E-state index contributed by atoms with van der Waals surface area (Å²) in [6.07, 6.45) is 0. The van der Waals surface area contributed by atoms with Crippen LogP contribution in [0.5, 0.6) is 17.2 Å². The molecule has 0 saturated carbocycles. The molecule has 0 bridgehead atoms. The number of nitrogens with one attached hydrogen (secondary N) is 4. The Kier molecular flexibility index (Phi) is 8.15. The molecule has 10 nitrogen and oxygen atoms in total. The van der Waals surface area contributed by atoms with Crippen molar-refractivity contribution in [3.05, 3.63) is 47.5 Å². The second-order valence-electron chi connectivity index (χ2n) is 6.03. The van der Waals surface area contributed by atoms with Crippen LogP contribution >= 0.6 is 12.2 Å². The van der Waals surface area contributed by atoms with Crippen molar-refractivity contribution >= 4 is 40.7 Å². The molecule has 0 atom stereocenters. The molecule has 0 fully saturated rings. The van der Waals surface area contributed by atoms with Crippen LogP contribution in [-0.4, -0.2) is 44.2 Å². The molecule has 4 N–H and O–H groups in total. The number of methoxy groups -OCH3 is 3. The highest BCUT2D eigenvalue weighted by atomic mass is 32.1. The fraction of sp³-hybridized carbons (Fsp3) is 0.200. The quantitative estimate of drug-likeness (QED) is 0.390. The van der Waals surface area contributed by atoms with Crippen molar-refractivity contribution in [2.75, 3.05) is 26.6 Å². The van der Waals surface area contributed by atoms with Gasteiger partial charge in [0.15, 0.2) is 16.6 Å². The highest BCUT2D eigenvalue weighted by Gasteiger charge is 2.18. The molecule has 0 aliphatic rings. The minimum atomic E-state index is -0.550. The summed E-state index contributed by atoms with van der Waals surface area (Å²) in [6.45, 7) is 1.39. The molecule has 2 aromatic carbocycles. The van der Waals surface area contributed by atoms with E-state index in [-0.39, 0.29) is 16.6 Å². The summed E-state index contributed by atoms with van der Waals surface area (Å²) in [5, 5.41) is 4.92. The lowest BCUT2D eigenvalue weighted by Crippen LogP contribution is -2.48. The van der Waals surface area contributed by atoms with Crippen molar-refractivity contribution in [1.82, 2.24) is 16.2 Å². The van der Waals surface area contributed by atoms with Gasteiger partial charge in [-0.05, 0) is 48.6 Å². The lowest BCUT2D eigenvalue weighted by molar-refractivity contribution is -0.114. The second kappa shape index (κ2) is 10.8. The number of benzene rings is 2. The number of anilines is 1. The zero-order chi connectivity index (χ0) is 23.0. The molecule has 2 aromatic rings. The third kappa shape index (κ3) is 6.31. The Hall–Kier alpha value is -3.86. The molecule has 11 heteroatoms. The van der Waals surface area contributed by atoms with Crippen LogP contribution in [0.2, 0.25) is 0 Å². The van der Waals surface area contributed by atoms with Gasteiger partial charge in [0.2, 0.25) is 11.7 Å². The van der Waals surface area contributed by atoms with Crippen LogP contribution in [0.4, 0.5) is 5.69 Å². The van der Waals surface area contributed by atoms with Crippen molar-refractivity contribution in [2.45, 2.75) is 6.92 Å². The standard InChI is InChI=1S/C20H22N4O6S/c1-11(25)21-14-7-5-12(6-8-14)19(27)23-24-20(31)22-18(26)13-9-15(28-2)17(30-4)16(10-13)29-3/h5-10H,1-4H3,(H,21,25)(H,23,27)(H2,22,24,26,31). The molecular weight excluding hydrogens is 424 g/mol. The molecular formula is C20H22N4O6S. The van der Waals surface area contributed by atoms with Crippen LogP contribution in [-0.2, 0) is 4.79 Å². The van der Waals surface area contributed by atoms with Crippen LogP contribution in [0, 0.1) is 0 Å². The molecule has 0 saturated heterocycles. The van der Waals surface area contributed by atoms with Crippen LogP contribution in [0.25, 0.3) is 0 Å². The van der Waals surface area contributed by atoms with Crippen LogP contribution < -0.4 is 35.7 Å². The van der Waals surface area contributed by atoms with E-state index in [1.54, 1.807) is 12.1 Å². The first-order chi connectivity index (χ1) is 14.8. The summed E-state index contributed by atoms with van der Waals surface area (Å²) < 4.78 is 15.7. The van der Waals surface area contributed by atoms with E-state index in [1.807, 2.05) is 0 Å². The average molecular weight is 446 g/mol. The molecule has 0 spiro atoms. The maximum Gasteiger partial charge on any atom is 0.269 e. The zero-order valence-electron chi connectivity index (χ0n) is 17.3. The van der Waals surface area contributed by atoms with Crippen LogP contribution in [0.3, 0.4) is 0 Å². The summed E-state index contributed by atoms with van der Waals surface area (Å²) in [5.41, 5.74) is 5.92. The van der Waals surface area contributed by atoms with Crippen molar-refractivity contribution in [1.29, 1.82) is 0 Å². The van der Waals surface area contributed by atoms with E-state index < -0.39 is 11.8 Å². The van der Waals surface area contributed by atoms with Gasteiger partial charge in [0.1, 0.15) is 0 Å². The van der Waals surface area contributed by atoms with Gasteiger partial charge in [-0.3, -0.25) is 30.6 Å². The number of hydrogen-bond acceptors (Lipinski definition) is 7. The Morgan fingerprint density at radius 1 is 0.806 bits per heavy atom. The van der Waals surface area contributed by atoms with Gasteiger partial charge in [-0.15, -0.1) is 0 Å². The zero-order valence-corrected chi connectivity index (χ0v) is 18.1. The number of ether oxygens (including phenoxy) is 3. The molecule has 0 aliphatic heterocycles. The van der Waals surface area contributed by atoms with Gasteiger partial charge < -0.3 is 19.5 Å². The first-order valence-electron chi connectivity index (χ1n) is 8.88. The summed E-state index contributed by atoms with van der Waals surface area (Å²) in [7, 11) is 4.32. The van der Waals surface area contributed by atoms with E-state index in [2.05, 4.69) is 21.5 Å². The number of thiocarbonyl (C=S) groups is 1. The third-order valence-corrected chi connectivity index (χ3v) is 4.12. The Morgan fingerprint density at radius 3 is 1.87 bits per heavy atom. The molecule has 0 radical (unpaired) electrons. The smallest absolute Gasteiger partial charge is 0.269 e. The van der Waals surface area contributed by atoms with E-state index in [4.69, 9.17) is 26.4 Å². The highest BCUT2D eigenvalue weighted by molar-refractivity contribution is 7.80. The predicted molar refractivity (Wildman–Crippen MR) is 118 cm³/mol. The molecule has 31 heavy (non-hydrogen) atoms. The van der Waals surface area contributed by atoms with Gasteiger partial charge in [-0.25, -0.2) is 0 Å². The largest absolute Gasteiger partial charge is 0.493 e. The molecule has 2 rings (SSSR count). The monoisotopic (exact) mass is 446 g/mol. The third-order valence-electron chi connectivity index (χ3n) is 3.91. The van der Waals surface area contributed by atoms with Crippen molar-refractivity contribution < 1.29 is 28.6 Å². The number of hydrazine groups is 1. The van der Waals surface area contributed by atoms with E-state index in [0.717, 1.165) is 0 Å². The molecule has 0 aliphatic carbocycles. The maximum atomic E-state index is 12.5. The van der Waals surface area contributed by atoms with Gasteiger partial charge >= 0.3 is 0 Å². The van der Waals surface area contributed by atoms with Crippen LogP contribution in [0.15, 0.2) is 36.4 Å². The van der Waals surface area contributed by atoms with E-state index in [9.17, 15) is 14.4 Å². The topological polar surface area (TPSA) is 127 Å². The SMILES string of the molecule is COc1cc(C(=O)NC(=S)NNC(=O)c2ccc(NC(C)=O)cc2)cc(OC)c1OC. The van der Waals surface area contributed by atoms with E-state index in [1.165, 1.54) is 52.5 Å². The highest BCUT2D eigenvalue weighted by Crippen LogP contribution is 2.38. The van der Waals surface area contributed by atoms with Crippen molar-refractivity contribution in [2.24, 2.45) is 0 Å². The van der Waals surface area contributed by atoms with Gasteiger partial charge in [0, 0.05) is 23.7 Å². The first kappa shape index (κ1) is 23.4.